The quantitative estimate of drug-likeness (QED) is 0.732. The van der Waals surface area contributed by atoms with Crippen LogP contribution < -0.4 is 5.32 Å². The molecule has 0 atom stereocenters. The van der Waals surface area contributed by atoms with E-state index in [9.17, 15) is 9.59 Å². The van der Waals surface area contributed by atoms with Crippen molar-refractivity contribution in [2.24, 2.45) is 5.92 Å². The number of carbonyl (C=O) groups is 2. The third-order valence-corrected chi connectivity index (χ3v) is 2.98. The zero-order valence-electron chi connectivity index (χ0n) is 10.6. The van der Waals surface area contributed by atoms with Gasteiger partial charge in [-0.1, -0.05) is 12.1 Å². The second kappa shape index (κ2) is 6.33. The van der Waals surface area contributed by atoms with Crippen molar-refractivity contribution in [2.75, 3.05) is 19.8 Å². The predicted octanol–water partition coefficient (Wildman–Crippen LogP) is 1.54. The van der Waals surface area contributed by atoms with Crippen molar-refractivity contribution in [3.05, 3.63) is 35.4 Å². The van der Waals surface area contributed by atoms with E-state index in [0.717, 1.165) is 6.61 Å². The maximum atomic E-state index is 11.8. The Morgan fingerprint density at radius 3 is 2.58 bits per heavy atom. The number of carbonyl (C=O) groups excluding carboxylic acids is 1. The summed E-state index contributed by atoms with van der Waals surface area (Å²) in [6.07, 6.45) is 2.47. The molecule has 102 valence electrons. The van der Waals surface area contributed by atoms with Gasteiger partial charge in [-0.05, 0) is 30.9 Å². The van der Waals surface area contributed by atoms with Crippen LogP contribution in [-0.4, -0.2) is 36.7 Å². The molecule has 1 fully saturated rings. The minimum Gasteiger partial charge on any atom is -0.478 e. The van der Waals surface area contributed by atoms with Crippen molar-refractivity contribution in [1.29, 1.82) is 0 Å². The Morgan fingerprint density at radius 1 is 1.26 bits per heavy atom. The van der Waals surface area contributed by atoms with Crippen LogP contribution in [0.4, 0.5) is 0 Å². The number of carboxylic acid groups (broad SMARTS) is 1. The number of nitrogens with one attached hydrogen (secondary N) is 1. The van der Waals surface area contributed by atoms with Crippen LogP contribution >= 0.6 is 0 Å². The van der Waals surface area contributed by atoms with Crippen LogP contribution in [0.15, 0.2) is 24.3 Å². The molecule has 2 N–H and O–H groups in total. The number of benzene rings is 1. The summed E-state index contributed by atoms with van der Waals surface area (Å²) in [5, 5.41) is 11.6. The topological polar surface area (TPSA) is 75.6 Å². The summed E-state index contributed by atoms with van der Waals surface area (Å²) in [7, 11) is 0. The molecule has 1 aromatic carbocycles. The summed E-state index contributed by atoms with van der Waals surface area (Å²) in [5.74, 6) is -0.785. The Morgan fingerprint density at radius 2 is 1.95 bits per heavy atom. The zero-order chi connectivity index (χ0) is 13.7. The highest BCUT2D eigenvalue weighted by Crippen LogP contribution is 2.28. The number of aromatic carboxylic acids is 1. The zero-order valence-corrected chi connectivity index (χ0v) is 10.6. The van der Waals surface area contributed by atoms with E-state index in [1.165, 1.54) is 25.0 Å². The summed E-state index contributed by atoms with van der Waals surface area (Å²) >= 11 is 0. The van der Waals surface area contributed by atoms with Crippen LogP contribution in [-0.2, 0) is 4.74 Å². The van der Waals surface area contributed by atoms with E-state index in [4.69, 9.17) is 9.84 Å². The van der Waals surface area contributed by atoms with Crippen LogP contribution in [0.2, 0.25) is 0 Å². The highest BCUT2D eigenvalue weighted by molar-refractivity contribution is 6.04. The van der Waals surface area contributed by atoms with Gasteiger partial charge in [0.15, 0.2) is 0 Å². The summed E-state index contributed by atoms with van der Waals surface area (Å²) in [6.45, 7) is 1.60. The Bertz CT molecular complexity index is 468. The van der Waals surface area contributed by atoms with E-state index in [-0.39, 0.29) is 17.0 Å². The second-order valence-electron chi connectivity index (χ2n) is 4.62. The van der Waals surface area contributed by atoms with Gasteiger partial charge in [0.2, 0.25) is 0 Å². The summed E-state index contributed by atoms with van der Waals surface area (Å²) in [4.78, 5) is 22.8. The van der Waals surface area contributed by atoms with E-state index < -0.39 is 5.97 Å². The fraction of sp³-hybridized carbons (Fsp3) is 0.429. The van der Waals surface area contributed by atoms with Gasteiger partial charge < -0.3 is 15.2 Å². The number of carboxylic acids is 1. The molecule has 1 amide bonds. The van der Waals surface area contributed by atoms with E-state index >= 15 is 0 Å². The van der Waals surface area contributed by atoms with Crippen molar-refractivity contribution in [2.45, 2.75) is 12.8 Å². The largest absolute Gasteiger partial charge is 0.478 e. The lowest BCUT2D eigenvalue weighted by atomic mass is 10.1. The van der Waals surface area contributed by atoms with Gasteiger partial charge in [-0.25, -0.2) is 4.79 Å². The van der Waals surface area contributed by atoms with Crippen molar-refractivity contribution in [1.82, 2.24) is 5.32 Å². The molecule has 2 rings (SSSR count). The van der Waals surface area contributed by atoms with Gasteiger partial charge in [0.05, 0.1) is 17.7 Å². The van der Waals surface area contributed by atoms with Crippen LogP contribution in [0.3, 0.4) is 0 Å². The molecule has 1 aliphatic rings. The van der Waals surface area contributed by atoms with Gasteiger partial charge in [0, 0.05) is 13.2 Å². The highest BCUT2D eigenvalue weighted by Gasteiger charge is 2.21. The number of ether oxygens (including phenoxy) is 1. The minimum atomic E-state index is -1.10. The molecule has 0 unspecified atom stereocenters. The molecule has 1 saturated carbocycles. The lowest BCUT2D eigenvalue weighted by Gasteiger charge is -2.08. The van der Waals surface area contributed by atoms with Crippen molar-refractivity contribution < 1.29 is 19.4 Å². The van der Waals surface area contributed by atoms with Gasteiger partial charge in [0.25, 0.3) is 5.91 Å². The number of rotatable bonds is 7. The van der Waals surface area contributed by atoms with Gasteiger partial charge in [0.1, 0.15) is 0 Å². The smallest absolute Gasteiger partial charge is 0.336 e. The second-order valence-corrected chi connectivity index (χ2v) is 4.62. The molecule has 0 spiro atoms. The average Bonchev–Trinajstić information content (AvgIpc) is 3.22. The first-order valence-electron chi connectivity index (χ1n) is 6.36. The lowest BCUT2D eigenvalue weighted by molar-refractivity contribution is 0.0690. The first-order chi connectivity index (χ1) is 9.18. The third-order valence-electron chi connectivity index (χ3n) is 2.98. The molecule has 0 aliphatic heterocycles. The van der Waals surface area contributed by atoms with Crippen molar-refractivity contribution >= 4 is 11.9 Å². The molecule has 1 aliphatic carbocycles. The SMILES string of the molecule is O=C(O)c1ccccc1C(=O)NCCOCC1CC1. The van der Waals surface area contributed by atoms with Crippen LogP contribution in [0, 0.1) is 5.92 Å². The van der Waals surface area contributed by atoms with E-state index in [1.807, 2.05) is 0 Å². The molecular weight excluding hydrogens is 246 g/mol. The van der Waals surface area contributed by atoms with Crippen LogP contribution in [0.1, 0.15) is 33.6 Å². The van der Waals surface area contributed by atoms with Gasteiger partial charge in [-0.15, -0.1) is 0 Å². The fourth-order valence-electron chi connectivity index (χ4n) is 1.73. The lowest BCUT2D eigenvalue weighted by Crippen LogP contribution is -2.28. The van der Waals surface area contributed by atoms with Crippen LogP contribution in [0.5, 0.6) is 0 Å². The van der Waals surface area contributed by atoms with Gasteiger partial charge >= 0.3 is 5.97 Å². The molecule has 1 aromatic rings. The molecule has 0 radical (unpaired) electrons. The van der Waals surface area contributed by atoms with E-state index in [2.05, 4.69) is 5.32 Å². The third kappa shape index (κ3) is 4.06. The Balaban J connectivity index is 1.79. The Hall–Kier alpha value is -1.88. The summed E-state index contributed by atoms with van der Waals surface area (Å²) < 4.78 is 5.39. The first kappa shape index (κ1) is 13.5. The molecule has 19 heavy (non-hydrogen) atoms. The monoisotopic (exact) mass is 263 g/mol. The molecule has 0 aromatic heterocycles. The molecule has 0 saturated heterocycles. The van der Waals surface area contributed by atoms with Crippen LogP contribution in [0.25, 0.3) is 0 Å². The highest BCUT2D eigenvalue weighted by atomic mass is 16.5. The molecule has 5 heteroatoms. The molecular formula is C14H17NO4. The standard InChI is InChI=1S/C14H17NO4/c16-13(15-7-8-19-9-10-5-6-10)11-3-1-2-4-12(11)14(17)18/h1-4,10H,5-9H2,(H,15,16)(H,17,18). The summed E-state index contributed by atoms with van der Waals surface area (Å²) in [5.41, 5.74) is 0.191. The maximum Gasteiger partial charge on any atom is 0.336 e. The Kier molecular flexibility index (Phi) is 4.52. The first-order valence-corrected chi connectivity index (χ1v) is 6.36. The molecule has 0 bridgehead atoms. The maximum absolute atomic E-state index is 11.8. The van der Waals surface area contributed by atoms with Crippen molar-refractivity contribution in [3.8, 4) is 0 Å². The van der Waals surface area contributed by atoms with E-state index in [1.54, 1.807) is 12.1 Å². The van der Waals surface area contributed by atoms with Gasteiger partial charge in [-0.2, -0.15) is 0 Å². The minimum absolute atomic E-state index is 0.0129. The molecule has 5 nitrogen and oxygen atoms in total. The number of hydrogen-bond donors (Lipinski definition) is 2. The number of amides is 1. The molecule has 0 heterocycles. The Labute approximate surface area is 111 Å². The van der Waals surface area contributed by atoms with Crippen molar-refractivity contribution in [3.63, 3.8) is 0 Å². The number of hydrogen-bond acceptors (Lipinski definition) is 3. The normalized spacial score (nSPS) is 14.1. The fourth-order valence-corrected chi connectivity index (χ4v) is 1.73. The predicted molar refractivity (Wildman–Crippen MR) is 69.3 cm³/mol. The van der Waals surface area contributed by atoms with E-state index in [0.29, 0.717) is 19.1 Å². The van der Waals surface area contributed by atoms with Gasteiger partial charge in [-0.3, -0.25) is 4.79 Å². The summed E-state index contributed by atoms with van der Waals surface area (Å²) in [6, 6.07) is 6.16. The average molecular weight is 263 g/mol.